The SMILES string of the molecule is NC(=O)c1ccc(N2CCN(Cc3ccccc3C3CCC(=O)NC3=O)CC2)nc1-c1ccc(Oc2ccccc2)cc1. The number of hydrogen-bond donors (Lipinski definition) is 2. The minimum atomic E-state index is -0.529. The highest BCUT2D eigenvalue weighted by atomic mass is 16.5. The predicted molar refractivity (Wildman–Crippen MR) is 164 cm³/mol. The first kappa shape index (κ1) is 28.1. The van der Waals surface area contributed by atoms with Crippen LogP contribution in [0, 0.1) is 0 Å². The molecule has 1 aromatic heterocycles. The van der Waals surface area contributed by atoms with Crippen molar-refractivity contribution in [1.29, 1.82) is 0 Å². The van der Waals surface area contributed by atoms with E-state index in [0.717, 1.165) is 61.0 Å². The molecule has 0 radical (unpaired) electrons. The standard InChI is InChI=1S/C34H33N5O4/c35-33(41)29-14-16-30(36-32(29)23-10-12-26(13-11-23)43-25-7-2-1-3-8-25)39-20-18-38(19-21-39)22-24-6-4-5-9-27(24)28-15-17-31(40)37-34(28)42/h1-14,16,28H,15,17-22H2,(H2,35,41)(H,37,40,42). The molecule has 2 aliphatic rings. The van der Waals surface area contributed by atoms with E-state index in [9.17, 15) is 14.4 Å². The van der Waals surface area contributed by atoms with Crippen molar-refractivity contribution >= 4 is 23.5 Å². The third kappa shape index (κ3) is 6.42. The third-order valence-electron chi connectivity index (χ3n) is 8.01. The molecule has 2 saturated heterocycles. The number of amides is 3. The van der Waals surface area contributed by atoms with Crippen LogP contribution in [-0.4, -0.2) is 53.8 Å². The summed E-state index contributed by atoms with van der Waals surface area (Å²) in [5, 5.41) is 2.48. The summed E-state index contributed by atoms with van der Waals surface area (Å²) < 4.78 is 5.91. The van der Waals surface area contributed by atoms with Gasteiger partial charge in [-0.25, -0.2) is 4.98 Å². The fraction of sp³-hybridized carbons (Fsp3) is 0.235. The first-order valence-electron chi connectivity index (χ1n) is 14.5. The van der Waals surface area contributed by atoms with Gasteiger partial charge in [0, 0.05) is 44.7 Å². The number of rotatable bonds is 8. The zero-order valence-corrected chi connectivity index (χ0v) is 23.7. The number of anilines is 1. The number of aromatic nitrogens is 1. The van der Waals surface area contributed by atoms with E-state index in [1.54, 1.807) is 6.07 Å². The third-order valence-corrected chi connectivity index (χ3v) is 8.01. The van der Waals surface area contributed by atoms with Crippen LogP contribution in [0.4, 0.5) is 5.82 Å². The van der Waals surface area contributed by atoms with Crippen molar-refractivity contribution in [3.63, 3.8) is 0 Å². The van der Waals surface area contributed by atoms with Crippen LogP contribution in [0.1, 0.15) is 40.2 Å². The first-order valence-corrected chi connectivity index (χ1v) is 14.5. The number of nitrogens with two attached hydrogens (primary N) is 1. The molecule has 0 bridgehead atoms. The van der Waals surface area contributed by atoms with Gasteiger partial charge in [0.1, 0.15) is 17.3 Å². The van der Waals surface area contributed by atoms with Gasteiger partial charge in [0.2, 0.25) is 11.8 Å². The van der Waals surface area contributed by atoms with E-state index >= 15 is 0 Å². The molecule has 3 aromatic carbocycles. The first-order chi connectivity index (χ1) is 20.9. The van der Waals surface area contributed by atoms with E-state index in [-0.39, 0.29) is 17.7 Å². The number of nitrogens with one attached hydrogen (secondary N) is 1. The summed E-state index contributed by atoms with van der Waals surface area (Å²) >= 11 is 0. The van der Waals surface area contributed by atoms with Crippen LogP contribution in [0.3, 0.4) is 0 Å². The number of nitrogens with zero attached hydrogens (tertiary/aromatic N) is 3. The minimum Gasteiger partial charge on any atom is -0.457 e. The molecule has 1 atom stereocenters. The van der Waals surface area contributed by atoms with Crippen molar-refractivity contribution in [3.8, 4) is 22.8 Å². The van der Waals surface area contributed by atoms with Gasteiger partial charge in [0.15, 0.2) is 0 Å². The molecule has 218 valence electrons. The molecule has 9 nitrogen and oxygen atoms in total. The topological polar surface area (TPSA) is 118 Å². The van der Waals surface area contributed by atoms with Gasteiger partial charge in [-0.05, 0) is 66.1 Å². The second-order valence-electron chi connectivity index (χ2n) is 10.8. The quantitative estimate of drug-likeness (QED) is 0.298. The Morgan fingerprint density at radius 3 is 2.28 bits per heavy atom. The largest absolute Gasteiger partial charge is 0.457 e. The fourth-order valence-corrected chi connectivity index (χ4v) is 5.73. The van der Waals surface area contributed by atoms with Crippen molar-refractivity contribution in [1.82, 2.24) is 15.2 Å². The van der Waals surface area contributed by atoms with Crippen molar-refractivity contribution in [3.05, 3.63) is 108 Å². The van der Waals surface area contributed by atoms with Crippen LogP contribution < -0.4 is 20.7 Å². The van der Waals surface area contributed by atoms with Gasteiger partial charge in [0.25, 0.3) is 5.91 Å². The molecule has 6 rings (SSSR count). The highest BCUT2D eigenvalue weighted by molar-refractivity contribution is 6.01. The molecule has 2 fully saturated rings. The number of piperidine rings is 1. The molecule has 3 N–H and O–H groups in total. The number of benzene rings is 3. The van der Waals surface area contributed by atoms with E-state index in [1.165, 1.54) is 0 Å². The molecule has 0 spiro atoms. The Labute approximate surface area is 250 Å². The lowest BCUT2D eigenvalue weighted by Gasteiger charge is -2.36. The summed E-state index contributed by atoms with van der Waals surface area (Å²) in [6, 6.07) is 28.6. The molecule has 3 amide bonds. The molecule has 1 unspecified atom stereocenters. The molecule has 0 aliphatic carbocycles. The zero-order valence-electron chi connectivity index (χ0n) is 23.7. The average Bonchev–Trinajstić information content (AvgIpc) is 3.02. The predicted octanol–water partition coefficient (Wildman–Crippen LogP) is 4.48. The van der Waals surface area contributed by atoms with Crippen LogP contribution in [-0.2, 0) is 16.1 Å². The van der Waals surface area contributed by atoms with Gasteiger partial charge < -0.3 is 15.4 Å². The lowest BCUT2D eigenvalue weighted by atomic mass is 9.87. The van der Waals surface area contributed by atoms with Gasteiger partial charge in [-0.15, -0.1) is 0 Å². The van der Waals surface area contributed by atoms with Crippen molar-refractivity contribution in [2.24, 2.45) is 5.73 Å². The van der Waals surface area contributed by atoms with Gasteiger partial charge in [-0.3, -0.25) is 24.6 Å². The van der Waals surface area contributed by atoms with Gasteiger partial charge >= 0.3 is 0 Å². The van der Waals surface area contributed by atoms with Gasteiger partial charge in [0.05, 0.1) is 17.2 Å². The summed E-state index contributed by atoms with van der Waals surface area (Å²) in [6.07, 6.45) is 0.895. The van der Waals surface area contributed by atoms with E-state index < -0.39 is 5.91 Å². The number of imide groups is 1. The Kier molecular flexibility index (Phi) is 8.15. The highest BCUT2D eigenvalue weighted by Gasteiger charge is 2.30. The zero-order chi connectivity index (χ0) is 29.8. The summed E-state index contributed by atoms with van der Waals surface area (Å²) in [4.78, 5) is 45.9. The van der Waals surface area contributed by atoms with E-state index in [0.29, 0.717) is 29.8 Å². The van der Waals surface area contributed by atoms with Crippen molar-refractivity contribution in [2.45, 2.75) is 25.3 Å². The van der Waals surface area contributed by atoms with E-state index in [4.69, 9.17) is 15.5 Å². The monoisotopic (exact) mass is 575 g/mol. The minimum absolute atomic E-state index is 0.204. The lowest BCUT2D eigenvalue weighted by Crippen LogP contribution is -2.46. The second kappa shape index (κ2) is 12.5. The lowest BCUT2D eigenvalue weighted by molar-refractivity contribution is -0.134. The Bertz CT molecular complexity index is 1630. The van der Waals surface area contributed by atoms with Crippen molar-refractivity contribution < 1.29 is 19.1 Å². The van der Waals surface area contributed by atoms with Gasteiger partial charge in [-0.2, -0.15) is 0 Å². The summed E-state index contributed by atoms with van der Waals surface area (Å²) in [7, 11) is 0. The van der Waals surface area contributed by atoms with E-state index in [1.807, 2.05) is 78.9 Å². The molecule has 3 heterocycles. The maximum atomic E-state index is 12.5. The Balaban J connectivity index is 1.14. The fourth-order valence-electron chi connectivity index (χ4n) is 5.73. The van der Waals surface area contributed by atoms with Crippen LogP contribution in [0.2, 0.25) is 0 Å². The Morgan fingerprint density at radius 1 is 0.860 bits per heavy atom. The molecule has 43 heavy (non-hydrogen) atoms. The van der Waals surface area contributed by atoms with Crippen molar-refractivity contribution in [2.75, 3.05) is 31.1 Å². The van der Waals surface area contributed by atoms with E-state index in [2.05, 4.69) is 21.2 Å². The molecule has 0 saturated carbocycles. The second-order valence-corrected chi connectivity index (χ2v) is 10.8. The van der Waals surface area contributed by atoms with Crippen LogP contribution in [0.5, 0.6) is 11.5 Å². The Hall–Kier alpha value is -5.02. The molecular formula is C34H33N5O4. The number of piperazine rings is 1. The maximum Gasteiger partial charge on any atom is 0.250 e. The molecular weight excluding hydrogens is 542 g/mol. The summed E-state index contributed by atoms with van der Waals surface area (Å²) in [6.45, 7) is 3.85. The number of hydrogen-bond acceptors (Lipinski definition) is 7. The number of para-hydroxylation sites is 1. The van der Waals surface area contributed by atoms with Gasteiger partial charge in [-0.1, -0.05) is 42.5 Å². The number of ether oxygens (including phenoxy) is 1. The number of pyridine rings is 1. The number of carbonyl (C=O) groups excluding carboxylic acids is 3. The van der Waals surface area contributed by atoms with Crippen LogP contribution in [0.25, 0.3) is 11.3 Å². The average molecular weight is 576 g/mol. The highest BCUT2D eigenvalue weighted by Crippen LogP contribution is 2.31. The van der Waals surface area contributed by atoms with Crippen LogP contribution in [0.15, 0.2) is 91.0 Å². The molecule has 4 aromatic rings. The Morgan fingerprint density at radius 2 is 1.56 bits per heavy atom. The maximum absolute atomic E-state index is 12.5. The number of carbonyl (C=O) groups is 3. The molecule has 9 heteroatoms. The number of primary amides is 1. The summed E-state index contributed by atoms with van der Waals surface area (Å²) in [5.41, 5.74) is 9.50. The van der Waals surface area contributed by atoms with Crippen LogP contribution >= 0.6 is 0 Å². The molecule has 2 aliphatic heterocycles. The smallest absolute Gasteiger partial charge is 0.250 e. The summed E-state index contributed by atoms with van der Waals surface area (Å²) in [5.74, 6) is 0.957. The normalized spacial score (nSPS) is 17.4.